The third kappa shape index (κ3) is 2.81. The van der Waals surface area contributed by atoms with Gasteiger partial charge in [-0.3, -0.25) is 0 Å². The second kappa shape index (κ2) is 5.09. The third-order valence-corrected chi connectivity index (χ3v) is 3.24. The molecule has 3 heteroatoms. The standard InChI is InChI=1S/C14H13Cl2N/c1-9(17)10-2-4-11(5-3-10)13-8-12(15)6-7-14(13)16/h2-9H,17H2,1H3. The van der Waals surface area contributed by atoms with Gasteiger partial charge in [-0.15, -0.1) is 0 Å². The second-order valence-electron chi connectivity index (χ2n) is 4.03. The van der Waals surface area contributed by atoms with E-state index < -0.39 is 0 Å². The van der Waals surface area contributed by atoms with Gasteiger partial charge in [-0.25, -0.2) is 0 Å². The normalized spacial score (nSPS) is 12.5. The van der Waals surface area contributed by atoms with Crippen molar-refractivity contribution in [2.24, 2.45) is 5.73 Å². The first-order chi connectivity index (χ1) is 8.08. The lowest BCUT2D eigenvalue weighted by Gasteiger charge is -2.08. The van der Waals surface area contributed by atoms with Gasteiger partial charge in [0, 0.05) is 21.7 Å². The van der Waals surface area contributed by atoms with Gasteiger partial charge in [-0.1, -0.05) is 47.5 Å². The van der Waals surface area contributed by atoms with Crippen LogP contribution in [0.3, 0.4) is 0 Å². The van der Waals surface area contributed by atoms with Crippen LogP contribution in [-0.2, 0) is 0 Å². The van der Waals surface area contributed by atoms with Crippen LogP contribution in [0.4, 0.5) is 0 Å². The highest BCUT2D eigenvalue weighted by molar-refractivity contribution is 6.35. The van der Waals surface area contributed by atoms with Gasteiger partial charge in [0.15, 0.2) is 0 Å². The predicted molar refractivity (Wildman–Crippen MR) is 74.5 cm³/mol. The minimum atomic E-state index is 0.0406. The molecule has 0 radical (unpaired) electrons. The van der Waals surface area contributed by atoms with E-state index in [9.17, 15) is 0 Å². The molecular formula is C14H13Cl2N. The van der Waals surface area contributed by atoms with Crippen LogP contribution in [0.5, 0.6) is 0 Å². The molecular weight excluding hydrogens is 253 g/mol. The van der Waals surface area contributed by atoms with Gasteiger partial charge in [0.25, 0.3) is 0 Å². The van der Waals surface area contributed by atoms with E-state index in [2.05, 4.69) is 0 Å². The Labute approximate surface area is 111 Å². The largest absolute Gasteiger partial charge is 0.324 e. The molecule has 1 nitrogen and oxygen atoms in total. The zero-order valence-corrected chi connectivity index (χ0v) is 11.0. The smallest absolute Gasteiger partial charge is 0.0485 e. The quantitative estimate of drug-likeness (QED) is 0.839. The van der Waals surface area contributed by atoms with Crippen molar-refractivity contribution in [2.45, 2.75) is 13.0 Å². The summed E-state index contributed by atoms with van der Waals surface area (Å²) in [7, 11) is 0. The van der Waals surface area contributed by atoms with Gasteiger partial charge in [0.2, 0.25) is 0 Å². The molecule has 17 heavy (non-hydrogen) atoms. The molecule has 0 heterocycles. The monoisotopic (exact) mass is 265 g/mol. The highest BCUT2D eigenvalue weighted by Gasteiger charge is 2.05. The highest BCUT2D eigenvalue weighted by Crippen LogP contribution is 2.31. The van der Waals surface area contributed by atoms with E-state index in [0.29, 0.717) is 10.0 Å². The number of hydrogen-bond donors (Lipinski definition) is 1. The summed E-state index contributed by atoms with van der Waals surface area (Å²) in [5, 5.41) is 1.38. The van der Waals surface area contributed by atoms with Crippen LogP contribution in [0.15, 0.2) is 42.5 Å². The Balaban J connectivity index is 2.43. The molecule has 0 amide bonds. The Hall–Kier alpha value is -1.02. The molecule has 88 valence electrons. The summed E-state index contributed by atoms with van der Waals surface area (Å²) >= 11 is 12.1. The van der Waals surface area contributed by atoms with Crippen LogP contribution in [-0.4, -0.2) is 0 Å². The maximum Gasteiger partial charge on any atom is 0.0485 e. The average molecular weight is 266 g/mol. The summed E-state index contributed by atoms with van der Waals surface area (Å²) in [5.41, 5.74) is 8.90. The van der Waals surface area contributed by atoms with E-state index in [0.717, 1.165) is 16.7 Å². The van der Waals surface area contributed by atoms with Crippen molar-refractivity contribution < 1.29 is 0 Å². The molecule has 2 aromatic rings. The Morgan fingerprint density at radius 1 is 1.00 bits per heavy atom. The average Bonchev–Trinajstić information content (AvgIpc) is 2.32. The summed E-state index contributed by atoms with van der Waals surface area (Å²) < 4.78 is 0. The molecule has 0 aliphatic rings. The lowest BCUT2D eigenvalue weighted by Crippen LogP contribution is -2.04. The molecule has 0 aliphatic carbocycles. The van der Waals surface area contributed by atoms with E-state index in [1.165, 1.54) is 0 Å². The molecule has 1 atom stereocenters. The SMILES string of the molecule is CC(N)c1ccc(-c2cc(Cl)ccc2Cl)cc1. The molecule has 0 aliphatic heterocycles. The minimum absolute atomic E-state index is 0.0406. The first-order valence-corrected chi connectivity index (χ1v) is 6.14. The summed E-state index contributed by atoms with van der Waals surface area (Å²) in [6, 6.07) is 13.5. The lowest BCUT2D eigenvalue weighted by molar-refractivity contribution is 0.818. The Bertz CT molecular complexity index is 518. The fourth-order valence-electron chi connectivity index (χ4n) is 1.68. The van der Waals surface area contributed by atoms with Crippen molar-refractivity contribution >= 4 is 23.2 Å². The van der Waals surface area contributed by atoms with Crippen LogP contribution in [0.2, 0.25) is 10.0 Å². The molecule has 2 aromatic carbocycles. The molecule has 0 spiro atoms. The zero-order valence-electron chi connectivity index (χ0n) is 9.45. The van der Waals surface area contributed by atoms with Crippen molar-refractivity contribution in [1.82, 2.24) is 0 Å². The van der Waals surface area contributed by atoms with Crippen molar-refractivity contribution in [1.29, 1.82) is 0 Å². The van der Waals surface area contributed by atoms with E-state index in [4.69, 9.17) is 28.9 Å². The first-order valence-electron chi connectivity index (χ1n) is 5.39. The van der Waals surface area contributed by atoms with Crippen LogP contribution < -0.4 is 5.73 Å². The number of nitrogens with two attached hydrogens (primary N) is 1. The molecule has 2 N–H and O–H groups in total. The number of hydrogen-bond acceptors (Lipinski definition) is 1. The van der Waals surface area contributed by atoms with Gasteiger partial charge in [0.05, 0.1) is 0 Å². The Kier molecular flexibility index (Phi) is 3.72. The third-order valence-electron chi connectivity index (χ3n) is 2.68. The Morgan fingerprint density at radius 3 is 2.24 bits per heavy atom. The van der Waals surface area contributed by atoms with Gasteiger partial charge in [-0.05, 0) is 36.2 Å². The van der Waals surface area contributed by atoms with Gasteiger partial charge in [-0.2, -0.15) is 0 Å². The van der Waals surface area contributed by atoms with E-state index in [1.807, 2.05) is 37.3 Å². The molecule has 0 saturated heterocycles. The van der Waals surface area contributed by atoms with Gasteiger partial charge < -0.3 is 5.73 Å². The fourth-order valence-corrected chi connectivity index (χ4v) is 2.08. The maximum absolute atomic E-state index is 6.15. The first kappa shape index (κ1) is 12.4. The van der Waals surface area contributed by atoms with Crippen molar-refractivity contribution in [3.8, 4) is 11.1 Å². The molecule has 0 fully saturated rings. The molecule has 0 saturated carbocycles. The van der Waals surface area contributed by atoms with Gasteiger partial charge >= 0.3 is 0 Å². The van der Waals surface area contributed by atoms with Crippen LogP contribution in [0.1, 0.15) is 18.5 Å². The van der Waals surface area contributed by atoms with Crippen molar-refractivity contribution in [2.75, 3.05) is 0 Å². The number of rotatable bonds is 2. The lowest BCUT2D eigenvalue weighted by atomic mass is 10.0. The van der Waals surface area contributed by atoms with Crippen LogP contribution in [0.25, 0.3) is 11.1 Å². The molecule has 0 aromatic heterocycles. The van der Waals surface area contributed by atoms with Crippen LogP contribution in [0, 0.1) is 0 Å². The van der Waals surface area contributed by atoms with Crippen molar-refractivity contribution in [3.63, 3.8) is 0 Å². The summed E-state index contributed by atoms with van der Waals surface area (Å²) in [5.74, 6) is 0. The maximum atomic E-state index is 6.15. The van der Waals surface area contributed by atoms with E-state index in [-0.39, 0.29) is 6.04 Å². The molecule has 0 bridgehead atoms. The summed E-state index contributed by atoms with van der Waals surface area (Å²) in [4.78, 5) is 0. The van der Waals surface area contributed by atoms with E-state index >= 15 is 0 Å². The van der Waals surface area contributed by atoms with Crippen molar-refractivity contribution in [3.05, 3.63) is 58.1 Å². The zero-order chi connectivity index (χ0) is 12.4. The second-order valence-corrected chi connectivity index (χ2v) is 4.88. The number of halogens is 2. The number of benzene rings is 2. The highest BCUT2D eigenvalue weighted by atomic mass is 35.5. The van der Waals surface area contributed by atoms with E-state index in [1.54, 1.807) is 12.1 Å². The van der Waals surface area contributed by atoms with Crippen LogP contribution >= 0.6 is 23.2 Å². The topological polar surface area (TPSA) is 26.0 Å². The molecule has 1 unspecified atom stereocenters. The predicted octanol–water partition coefficient (Wildman–Crippen LogP) is 4.68. The Morgan fingerprint density at radius 2 is 1.65 bits per heavy atom. The van der Waals surface area contributed by atoms with Gasteiger partial charge in [0.1, 0.15) is 0 Å². The summed E-state index contributed by atoms with van der Waals surface area (Å²) in [6.07, 6.45) is 0. The minimum Gasteiger partial charge on any atom is -0.324 e. The molecule has 2 rings (SSSR count). The fraction of sp³-hybridized carbons (Fsp3) is 0.143. The summed E-state index contributed by atoms with van der Waals surface area (Å²) in [6.45, 7) is 1.96.